The summed E-state index contributed by atoms with van der Waals surface area (Å²) >= 11 is 0. The quantitative estimate of drug-likeness (QED) is 0.493. The van der Waals surface area contributed by atoms with Crippen LogP contribution in [0.3, 0.4) is 0 Å². The first-order chi connectivity index (χ1) is 6.15. The molecule has 1 aliphatic heterocycles. The van der Waals surface area contributed by atoms with E-state index in [4.69, 9.17) is 10.8 Å². The van der Waals surface area contributed by atoms with E-state index in [1.165, 1.54) is 0 Å². The van der Waals surface area contributed by atoms with E-state index in [-0.39, 0.29) is 11.8 Å². The maximum atomic E-state index is 11.1. The third-order valence-electron chi connectivity index (χ3n) is 2.27. The number of aliphatic hydroxyl groups excluding tert-OH is 1. The van der Waals surface area contributed by atoms with Gasteiger partial charge < -0.3 is 16.2 Å². The number of hydrogen-bond acceptors (Lipinski definition) is 4. The molecule has 4 N–H and O–H groups in total. The second kappa shape index (κ2) is 4.34. The number of carbonyl (C=O) groups is 2. The van der Waals surface area contributed by atoms with Gasteiger partial charge in [-0.15, -0.1) is 0 Å². The maximum Gasteiger partial charge on any atom is 0.223 e. The van der Waals surface area contributed by atoms with Crippen LogP contribution in [0.4, 0.5) is 0 Å². The van der Waals surface area contributed by atoms with Crippen molar-refractivity contribution in [3.8, 4) is 0 Å². The zero-order valence-corrected chi connectivity index (χ0v) is 7.32. The molecule has 0 unspecified atom stereocenters. The number of Topliss-reactive ketones (excluding diaryl/α,β-unsaturated/α-hetero) is 1. The van der Waals surface area contributed by atoms with Crippen molar-refractivity contribution < 1.29 is 14.7 Å². The molecule has 0 saturated carbocycles. The Morgan fingerprint density at radius 3 is 2.92 bits per heavy atom. The van der Waals surface area contributed by atoms with Gasteiger partial charge in [0, 0.05) is 12.5 Å². The Hall–Kier alpha value is -0.940. The van der Waals surface area contributed by atoms with Crippen molar-refractivity contribution in [2.45, 2.75) is 18.9 Å². The van der Waals surface area contributed by atoms with Gasteiger partial charge >= 0.3 is 0 Å². The van der Waals surface area contributed by atoms with E-state index in [0.717, 1.165) is 6.42 Å². The summed E-state index contributed by atoms with van der Waals surface area (Å²) in [4.78, 5) is 22.0. The van der Waals surface area contributed by atoms with Gasteiger partial charge in [-0.1, -0.05) is 0 Å². The Balaban J connectivity index is 2.39. The van der Waals surface area contributed by atoms with Gasteiger partial charge in [-0.25, -0.2) is 0 Å². The Morgan fingerprint density at radius 2 is 2.46 bits per heavy atom. The average Bonchev–Trinajstić information content (AvgIpc) is 2.50. The monoisotopic (exact) mass is 186 g/mol. The SMILES string of the molecule is N[C@H](C[C@H]1CCNC1=O)C(=O)CO. The molecule has 0 aromatic heterocycles. The largest absolute Gasteiger partial charge is 0.389 e. The van der Waals surface area contributed by atoms with Crippen LogP contribution in [0, 0.1) is 5.92 Å². The zero-order chi connectivity index (χ0) is 9.84. The van der Waals surface area contributed by atoms with Gasteiger partial charge in [0.05, 0.1) is 6.04 Å². The van der Waals surface area contributed by atoms with Crippen LogP contribution >= 0.6 is 0 Å². The zero-order valence-electron chi connectivity index (χ0n) is 7.32. The molecule has 1 aliphatic rings. The van der Waals surface area contributed by atoms with Crippen molar-refractivity contribution in [1.82, 2.24) is 5.32 Å². The minimum absolute atomic E-state index is 0.0406. The first-order valence-electron chi connectivity index (χ1n) is 4.32. The Morgan fingerprint density at radius 1 is 1.77 bits per heavy atom. The van der Waals surface area contributed by atoms with Gasteiger partial charge in [-0.05, 0) is 12.8 Å². The Bertz CT molecular complexity index is 217. The topological polar surface area (TPSA) is 92.4 Å². The molecule has 0 bridgehead atoms. The summed E-state index contributed by atoms with van der Waals surface area (Å²) in [6.45, 7) is 0.110. The van der Waals surface area contributed by atoms with E-state index in [2.05, 4.69) is 5.32 Å². The molecular formula is C8H14N2O3. The second-order valence-corrected chi connectivity index (χ2v) is 3.24. The van der Waals surface area contributed by atoms with Crippen molar-refractivity contribution in [3.63, 3.8) is 0 Å². The van der Waals surface area contributed by atoms with E-state index >= 15 is 0 Å². The summed E-state index contributed by atoms with van der Waals surface area (Å²) in [7, 11) is 0. The summed E-state index contributed by atoms with van der Waals surface area (Å²) in [6.07, 6.45) is 1.07. The molecule has 1 heterocycles. The molecule has 0 spiro atoms. The predicted octanol–water partition coefficient (Wildman–Crippen LogP) is -1.60. The van der Waals surface area contributed by atoms with Crippen LogP contribution in [0.25, 0.3) is 0 Å². The molecule has 13 heavy (non-hydrogen) atoms. The fourth-order valence-corrected chi connectivity index (χ4v) is 1.43. The number of hydrogen-bond donors (Lipinski definition) is 3. The average molecular weight is 186 g/mol. The van der Waals surface area contributed by atoms with Crippen molar-refractivity contribution in [2.24, 2.45) is 11.7 Å². The fraction of sp³-hybridized carbons (Fsp3) is 0.750. The van der Waals surface area contributed by atoms with Gasteiger partial charge in [0.2, 0.25) is 5.91 Å². The van der Waals surface area contributed by atoms with Crippen LogP contribution < -0.4 is 11.1 Å². The molecule has 5 nitrogen and oxygen atoms in total. The van der Waals surface area contributed by atoms with Crippen molar-refractivity contribution in [3.05, 3.63) is 0 Å². The highest BCUT2D eigenvalue weighted by Gasteiger charge is 2.27. The van der Waals surface area contributed by atoms with Crippen LogP contribution in [-0.4, -0.2) is 36.0 Å². The second-order valence-electron chi connectivity index (χ2n) is 3.24. The molecule has 1 rings (SSSR count). The molecule has 0 aliphatic carbocycles. The Labute approximate surface area is 76.3 Å². The van der Waals surface area contributed by atoms with Crippen LogP contribution in [0.5, 0.6) is 0 Å². The molecule has 0 aromatic rings. The third-order valence-corrected chi connectivity index (χ3v) is 2.27. The van der Waals surface area contributed by atoms with E-state index in [0.29, 0.717) is 13.0 Å². The standard InChI is InChI=1S/C8H14N2O3/c9-6(7(12)4-11)3-5-1-2-10-8(5)13/h5-6,11H,1-4,9H2,(H,10,13)/t5-,6-/m1/s1. The highest BCUT2D eigenvalue weighted by molar-refractivity contribution is 5.86. The minimum Gasteiger partial charge on any atom is -0.389 e. The number of aliphatic hydroxyl groups is 1. The van der Waals surface area contributed by atoms with Crippen LogP contribution in [0.2, 0.25) is 0 Å². The number of ketones is 1. The first kappa shape index (κ1) is 10.1. The van der Waals surface area contributed by atoms with Gasteiger partial charge in [0.15, 0.2) is 5.78 Å². The highest BCUT2D eigenvalue weighted by atomic mass is 16.3. The van der Waals surface area contributed by atoms with Crippen LogP contribution in [0.15, 0.2) is 0 Å². The molecule has 5 heteroatoms. The normalized spacial score (nSPS) is 24.2. The van der Waals surface area contributed by atoms with Gasteiger partial charge in [0.1, 0.15) is 6.61 Å². The summed E-state index contributed by atoms with van der Waals surface area (Å²) in [5, 5.41) is 11.2. The van der Waals surface area contributed by atoms with Gasteiger partial charge in [-0.2, -0.15) is 0 Å². The van der Waals surface area contributed by atoms with Gasteiger partial charge in [-0.3, -0.25) is 9.59 Å². The summed E-state index contributed by atoms with van der Waals surface area (Å²) < 4.78 is 0. The molecule has 2 atom stereocenters. The lowest BCUT2D eigenvalue weighted by atomic mass is 9.97. The minimum atomic E-state index is -0.709. The van der Waals surface area contributed by atoms with Crippen LogP contribution in [-0.2, 0) is 9.59 Å². The lowest BCUT2D eigenvalue weighted by Gasteiger charge is -2.11. The lowest BCUT2D eigenvalue weighted by molar-refractivity contribution is -0.125. The maximum absolute atomic E-state index is 11.1. The smallest absolute Gasteiger partial charge is 0.223 e. The molecular weight excluding hydrogens is 172 g/mol. The van der Waals surface area contributed by atoms with E-state index in [9.17, 15) is 9.59 Å². The molecule has 0 radical (unpaired) electrons. The highest BCUT2D eigenvalue weighted by Crippen LogP contribution is 2.15. The third kappa shape index (κ3) is 2.50. The summed E-state index contributed by atoms with van der Waals surface area (Å²) in [5.41, 5.74) is 5.48. The lowest BCUT2D eigenvalue weighted by Crippen LogP contribution is -2.36. The number of nitrogens with one attached hydrogen (secondary N) is 1. The number of amides is 1. The van der Waals surface area contributed by atoms with E-state index < -0.39 is 18.4 Å². The molecule has 1 saturated heterocycles. The van der Waals surface area contributed by atoms with Crippen molar-refractivity contribution >= 4 is 11.7 Å². The van der Waals surface area contributed by atoms with Crippen molar-refractivity contribution in [2.75, 3.05) is 13.2 Å². The van der Waals surface area contributed by atoms with E-state index in [1.807, 2.05) is 0 Å². The Kier molecular flexibility index (Phi) is 3.39. The van der Waals surface area contributed by atoms with Crippen molar-refractivity contribution in [1.29, 1.82) is 0 Å². The molecule has 1 amide bonds. The molecule has 74 valence electrons. The predicted molar refractivity (Wildman–Crippen MR) is 45.8 cm³/mol. The summed E-state index contributed by atoms with van der Waals surface area (Å²) in [5.74, 6) is -0.605. The summed E-state index contributed by atoms with van der Waals surface area (Å²) in [6, 6.07) is -0.709. The van der Waals surface area contributed by atoms with Gasteiger partial charge in [0.25, 0.3) is 0 Å². The number of rotatable bonds is 4. The number of carbonyl (C=O) groups excluding carboxylic acids is 2. The molecule has 1 fully saturated rings. The van der Waals surface area contributed by atoms with Crippen LogP contribution in [0.1, 0.15) is 12.8 Å². The molecule has 0 aromatic carbocycles. The van der Waals surface area contributed by atoms with E-state index in [1.54, 1.807) is 0 Å². The fourth-order valence-electron chi connectivity index (χ4n) is 1.43. The first-order valence-corrected chi connectivity index (χ1v) is 4.32. The number of nitrogens with two attached hydrogens (primary N) is 1.